The summed E-state index contributed by atoms with van der Waals surface area (Å²) in [6.45, 7) is 2.73. The number of pyridine rings is 1. The molecule has 2 rings (SSSR count). The summed E-state index contributed by atoms with van der Waals surface area (Å²) < 4.78 is 0. The average molecular weight is 241 g/mol. The molecule has 18 heavy (non-hydrogen) atoms. The Morgan fingerprint density at radius 3 is 2.56 bits per heavy atom. The molecule has 1 aromatic heterocycles. The molecule has 94 valence electrons. The molecule has 0 aliphatic rings. The van der Waals surface area contributed by atoms with Gasteiger partial charge in [0.1, 0.15) is 5.82 Å². The van der Waals surface area contributed by atoms with Gasteiger partial charge in [-0.25, -0.2) is 4.98 Å². The van der Waals surface area contributed by atoms with Gasteiger partial charge < -0.3 is 10.6 Å². The van der Waals surface area contributed by atoms with Crippen LogP contribution in [0.2, 0.25) is 0 Å². The monoisotopic (exact) mass is 241 g/mol. The van der Waals surface area contributed by atoms with Gasteiger partial charge in [-0.05, 0) is 43.7 Å². The summed E-state index contributed by atoms with van der Waals surface area (Å²) in [5, 5.41) is 0. The molecule has 2 N–H and O–H groups in total. The van der Waals surface area contributed by atoms with E-state index in [9.17, 15) is 0 Å². The second kappa shape index (κ2) is 5.65. The number of rotatable bonds is 4. The number of aryl methyl sites for hydroxylation is 1. The molecule has 1 heterocycles. The number of aromatic nitrogens is 1. The number of anilines is 2. The SMILES string of the molecule is Cc1ccc(N(C)c2ncccc2CCN)cc1. The van der Waals surface area contributed by atoms with Gasteiger partial charge in [0, 0.05) is 18.9 Å². The van der Waals surface area contributed by atoms with Gasteiger partial charge in [0.2, 0.25) is 0 Å². The van der Waals surface area contributed by atoms with E-state index in [1.165, 1.54) is 11.1 Å². The normalized spacial score (nSPS) is 10.4. The summed E-state index contributed by atoms with van der Waals surface area (Å²) in [4.78, 5) is 6.57. The average Bonchev–Trinajstić information content (AvgIpc) is 2.40. The standard InChI is InChI=1S/C15H19N3/c1-12-5-7-14(8-6-12)18(2)15-13(9-10-16)4-3-11-17-15/h3-8,11H,9-10,16H2,1-2H3. The number of hydrogen-bond acceptors (Lipinski definition) is 3. The molecule has 0 amide bonds. The Balaban J connectivity index is 2.33. The molecule has 0 aliphatic carbocycles. The van der Waals surface area contributed by atoms with E-state index in [4.69, 9.17) is 5.73 Å². The first-order chi connectivity index (χ1) is 8.72. The number of nitrogens with two attached hydrogens (primary N) is 1. The van der Waals surface area contributed by atoms with Gasteiger partial charge >= 0.3 is 0 Å². The molecule has 2 aromatic rings. The predicted octanol–water partition coefficient (Wildman–Crippen LogP) is 2.66. The third-order valence-electron chi connectivity index (χ3n) is 3.02. The molecule has 0 spiro atoms. The van der Waals surface area contributed by atoms with Crippen LogP contribution < -0.4 is 10.6 Å². The van der Waals surface area contributed by atoms with Gasteiger partial charge in [0.05, 0.1) is 0 Å². The van der Waals surface area contributed by atoms with Crippen LogP contribution in [0.15, 0.2) is 42.6 Å². The Labute approximate surface area is 108 Å². The van der Waals surface area contributed by atoms with Crippen LogP contribution in [-0.4, -0.2) is 18.6 Å². The Hall–Kier alpha value is -1.87. The summed E-state index contributed by atoms with van der Waals surface area (Å²) in [5.41, 5.74) is 9.22. The van der Waals surface area contributed by atoms with Crippen molar-refractivity contribution in [1.29, 1.82) is 0 Å². The third kappa shape index (κ3) is 2.68. The van der Waals surface area contributed by atoms with Gasteiger partial charge in [-0.15, -0.1) is 0 Å². The van der Waals surface area contributed by atoms with Crippen molar-refractivity contribution in [2.75, 3.05) is 18.5 Å². The molecule has 0 saturated heterocycles. The quantitative estimate of drug-likeness (QED) is 0.894. The smallest absolute Gasteiger partial charge is 0.135 e. The van der Waals surface area contributed by atoms with Crippen molar-refractivity contribution in [2.45, 2.75) is 13.3 Å². The van der Waals surface area contributed by atoms with Crippen molar-refractivity contribution in [3.8, 4) is 0 Å². The highest BCUT2D eigenvalue weighted by Crippen LogP contribution is 2.25. The molecular weight excluding hydrogens is 222 g/mol. The fourth-order valence-electron chi connectivity index (χ4n) is 1.97. The van der Waals surface area contributed by atoms with Gasteiger partial charge in [-0.1, -0.05) is 23.8 Å². The van der Waals surface area contributed by atoms with Gasteiger partial charge in [0.15, 0.2) is 0 Å². The fourth-order valence-corrected chi connectivity index (χ4v) is 1.97. The van der Waals surface area contributed by atoms with Crippen molar-refractivity contribution in [1.82, 2.24) is 4.98 Å². The van der Waals surface area contributed by atoms with E-state index in [0.29, 0.717) is 6.54 Å². The molecule has 0 atom stereocenters. The number of nitrogens with zero attached hydrogens (tertiary/aromatic N) is 2. The van der Waals surface area contributed by atoms with Crippen molar-refractivity contribution < 1.29 is 0 Å². The summed E-state index contributed by atoms with van der Waals surface area (Å²) in [7, 11) is 2.03. The van der Waals surface area contributed by atoms with E-state index in [-0.39, 0.29) is 0 Å². The molecule has 3 nitrogen and oxygen atoms in total. The van der Waals surface area contributed by atoms with Crippen LogP contribution in [-0.2, 0) is 6.42 Å². The molecule has 3 heteroatoms. The molecule has 0 saturated carbocycles. The Morgan fingerprint density at radius 2 is 1.89 bits per heavy atom. The first-order valence-electron chi connectivity index (χ1n) is 6.16. The lowest BCUT2D eigenvalue weighted by molar-refractivity contribution is 0.945. The topological polar surface area (TPSA) is 42.2 Å². The third-order valence-corrected chi connectivity index (χ3v) is 3.02. The van der Waals surface area contributed by atoms with E-state index in [0.717, 1.165) is 17.9 Å². The lowest BCUT2D eigenvalue weighted by Crippen LogP contribution is -2.15. The second-order valence-corrected chi connectivity index (χ2v) is 4.42. The van der Waals surface area contributed by atoms with E-state index in [2.05, 4.69) is 47.1 Å². The minimum absolute atomic E-state index is 0.639. The number of benzene rings is 1. The lowest BCUT2D eigenvalue weighted by atomic mass is 10.1. The van der Waals surface area contributed by atoms with E-state index < -0.39 is 0 Å². The van der Waals surface area contributed by atoms with Gasteiger partial charge in [-0.2, -0.15) is 0 Å². The van der Waals surface area contributed by atoms with Crippen LogP contribution in [0, 0.1) is 6.92 Å². The maximum atomic E-state index is 5.64. The molecule has 0 fully saturated rings. The second-order valence-electron chi connectivity index (χ2n) is 4.42. The van der Waals surface area contributed by atoms with Crippen LogP contribution in [0.1, 0.15) is 11.1 Å². The van der Waals surface area contributed by atoms with Crippen molar-refractivity contribution in [3.63, 3.8) is 0 Å². The van der Waals surface area contributed by atoms with E-state index in [1.54, 1.807) is 0 Å². The van der Waals surface area contributed by atoms with Crippen molar-refractivity contribution >= 4 is 11.5 Å². The molecule has 0 aliphatic heterocycles. The fraction of sp³-hybridized carbons (Fsp3) is 0.267. The first-order valence-corrected chi connectivity index (χ1v) is 6.16. The van der Waals surface area contributed by atoms with Crippen LogP contribution in [0.25, 0.3) is 0 Å². The molecule has 0 bridgehead atoms. The zero-order valence-electron chi connectivity index (χ0n) is 10.9. The molecule has 1 aromatic carbocycles. The zero-order chi connectivity index (χ0) is 13.0. The molecular formula is C15H19N3. The highest BCUT2D eigenvalue weighted by Gasteiger charge is 2.09. The van der Waals surface area contributed by atoms with Crippen molar-refractivity contribution in [3.05, 3.63) is 53.7 Å². The Bertz CT molecular complexity index is 505. The molecule has 0 unspecified atom stereocenters. The van der Waals surface area contributed by atoms with Gasteiger partial charge in [0.25, 0.3) is 0 Å². The highest BCUT2D eigenvalue weighted by molar-refractivity contribution is 5.62. The minimum Gasteiger partial charge on any atom is -0.330 e. The first kappa shape index (κ1) is 12.6. The summed E-state index contributed by atoms with van der Waals surface area (Å²) in [6.07, 6.45) is 2.67. The van der Waals surface area contributed by atoms with Crippen LogP contribution in [0.4, 0.5) is 11.5 Å². The van der Waals surface area contributed by atoms with Gasteiger partial charge in [-0.3, -0.25) is 0 Å². The van der Waals surface area contributed by atoms with E-state index >= 15 is 0 Å². The maximum Gasteiger partial charge on any atom is 0.135 e. The van der Waals surface area contributed by atoms with Crippen LogP contribution in [0.3, 0.4) is 0 Å². The Morgan fingerprint density at radius 1 is 1.17 bits per heavy atom. The summed E-state index contributed by atoms with van der Waals surface area (Å²) in [5.74, 6) is 0.979. The maximum absolute atomic E-state index is 5.64. The van der Waals surface area contributed by atoms with Crippen LogP contribution >= 0.6 is 0 Å². The van der Waals surface area contributed by atoms with E-state index in [1.807, 2.05) is 19.3 Å². The number of hydrogen-bond donors (Lipinski definition) is 1. The Kier molecular flexibility index (Phi) is 3.95. The van der Waals surface area contributed by atoms with Crippen LogP contribution in [0.5, 0.6) is 0 Å². The molecule has 0 radical (unpaired) electrons. The summed E-state index contributed by atoms with van der Waals surface area (Å²) in [6, 6.07) is 12.5. The lowest BCUT2D eigenvalue weighted by Gasteiger charge is -2.21. The largest absolute Gasteiger partial charge is 0.330 e. The zero-order valence-corrected chi connectivity index (χ0v) is 10.9. The minimum atomic E-state index is 0.639. The highest BCUT2D eigenvalue weighted by atomic mass is 15.2. The summed E-state index contributed by atoms with van der Waals surface area (Å²) >= 11 is 0. The van der Waals surface area contributed by atoms with Crippen molar-refractivity contribution in [2.24, 2.45) is 5.73 Å². The predicted molar refractivity (Wildman–Crippen MR) is 76.2 cm³/mol.